The Hall–Kier alpha value is -2.27. The molecule has 4 rings (SSSR count). The molecule has 2 aromatic rings. The lowest BCUT2D eigenvalue weighted by molar-refractivity contribution is -0.122. The molecule has 0 bridgehead atoms. The van der Waals surface area contributed by atoms with Gasteiger partial charge < -0.3 is 15.0 Å². The van der Waals surface area contributed by atoms with Crippen molar-refractivity contribution in [3.8, 4) is 5.75 Å². The molecule has 1 amide bonds. The first-order valence-electron chi connectivity index (χ1n) is 9.81. The van der Waals surface area contributed by atoms with Crippen molar-refractivity contribution < 1.29 is 13.9 Å². The number of ether oxygens (including phenoxy) is 1. The van der Waals surface area contributed by atoms with Crippen LogP contribution in [0, 0.1) is 5.82 Å². The number of nitrogens with one attached hydrogen (secondary N) is 1. The number of benzene rings is 2. The predicted molar refractivity (Wildman–Crippen MR) is 108 cm³/mol. The Bertz CT molecular complexity index is 837. The lowest BCUT2D eigenvalue weighted by Gasteiger charge is -2.38. The summed E-state index contributed by atoms with van der Waals surface area (Å²) in [6, 6.07) is 12.1. The highest BCUT2D eigenvalue weighted by Crippen LogP contribution is 2.37. The number of hydrogen-bond acceptors (Lipinski definition) is 3. The van der Waals surface area contributed by atoms with Crippen LogP contribution in [0.1, 0.15) is 37.7 Å². The van der Waals surface area contributed by atoms with E-state index in [1.165, 1.54) is 25.0 Å². The zero-order valence-electron chi connectivity index (χ0n) is 15.7. The second-order valence-corrected chi connectivity index (χ2v) is 8.02. The average molecular weight is 403 g/mol. The van der Waals surface area contributed by atoms with Crippen LogP contribution in [0.25, 0.3) is 0 Å². The fourth-order valence-electron chi connectivity index (χ4n) is 4.05. The summed E-state index contributed by atoms with van der Waals surface area (Å²) in [6.45, 7) is 0.978. The van der Waals surface area contributed by atoms with E-state index in [1.807, 2.05) is 12.1 Å². The van der Waals surface area contributed by atoms with E-state index < -0.39 is 0 Å². The highest BCUT2D eigenvalue weighted by molar-refractivity contribution is 6.31. The molecule has 1 aliphatic heterocycles. The first-order chi connectivity index (χ1) is 13.6. The quantitative estimate of drug-likeness (QED) is 0.788. The number of fused-ring (bicyclic) bond motifs is 1. The fraction of sp³-hybridized carbons (Fsp3) is 0.409. The van der Waals surface area contributed by atoms with Gasteiger partial charge in [0.25, 0.3) is 0 Å². The molecule has 1 aliphatic carbocycles. The minimum absolute atomic E-state index is 0.0510. The van der Waals surface area contributed by atoms with Crippen LogP contribution in [0.3, 0.4) is 0 Å². The number of hydrogen-bond donors (Lipinski definition) is 1. The van der Waals surface area contributed by atoms with Gasteiger partial charge in [0, 0.05) is 17.6 Å². The molecule has 1 saturated carbocycles. The van der Waals surface area contributed by atoms with E-state index in [0.717, 1.165) is 29.8 Å². The molecule has 148 valence electrons. The van der Waals surface area contributed by atoms with Crippen molar-refractivity contribution in [2.75, 3.05) is 11.5 Å². The molecule has 28 heavy (non-hydrogen) atoms. The van der Waals surface area contributed by atoms with Crippen LogP contribution in [0.15, 0.2) is 42.5 Å². The molecular weight excluding hydrogens is 379 g/mol. The van der Waals surface area contributed by atoms with Gasteiger partial charge in [-0.2, -0.15) is 0 Å². The fourth-order valence-corrected chi connectivity index (χ4v) is 4.22. The standard InChI is InChI=1S/C22H24ClFN2O2/c23-16-7-10-21-20(11-16)26(13-15-5-8-17(24)9-6-15)19(14-28-21)12-22(27)25-18-3-1-2-4-18/h5-11,18-19H,1-4,12-14H2,(H,25,27)/t19-/m0/s1. The number of halogens is 2. The number of carbonyl (C=O) groups excluding carboxylic acids is 1. The van der Waals surface area contributed by atoms with Crippen LogP contribution in [0.5, 0.6) is 5.75 Å². The number of amides is 1. The molecule has 0 aromatic heterocycles. The molecule has 4 nitrogen and oxygen atoms in total. The van der Waals surface area contributed by atoms with Crippen molar-refractivity contribution in [2.45, 2.75) is 50.7 Å². The highest BCUT2D eigenvalue weighted by Gasteiger charge is 2.30. The van der Waals surface area contributed by atoms with Crippen molar-refractivity contribution in [3.05, 3.63) is 58.9 Å². The summed E-state index contributed by atoms with van der Waals surface area (Å²) in [4.78, 5) is 14.8. The smallest absolute Gasteiger partial charge is 0.222 e. The summed E-state index contributed by atoms with van der Waals surface area (Å²) < 4.78 is 19.2. The molecule has 1 heterocycles. The van der Waals surface area contributed by atoms with Crippen LogP contribution >= 0.6 is 11.6 Å². The van der Waals surface area contributed by atoms with E-state index in [-0.39, 0.29) is 17.8 Å². The monoisotopic (exact) mass is 402 g/mol. The van der Waals surface area contributed by atoms with E-state index in [0.29, 0.717) is 30.6 Å². The van der Waals surface area contributed by atoms with Gasteiger partial charge in [-0.1, -0.05) is 36.6 Å². The summed E-state index contributed by atoms with van der Waals surface area (Å²) in [7, 11) is 0. The molecule has 1 atom stereocenters. The van der Waals surface area contributed by atoms with Crippen LogP contribution in [0.4, 0.5) is 10.1 Å². The zero-order valence-corrected chi connectivity index (χ0v) is 16.4. The van der Waals surface area contributed by atoms with Gasteiger partial charge in [0.15, 0.2) is 0 Å². The van der Waals surface area contributed by atoms with Gasteiger partial charge in [-0.05, 0) is 48.7 Å². The van der Waals surface area contributed by atoms with E-state index >= 15 is 0 Å². The number of nitrogens with zero attached hydrogens (tertiary/aromatic N) is 1. The number of anilines is 1. The summed E-state index contributed by atoms with van der Waals surface area (Å²) in [6.07, 6.45) is 4.83. The third-order valence-corrected chi connectivity index (χ3v) is 5.74. The Morgan fingerprint density at radius 1 is 1.18 bits per heavy atom. The van der Waals surface area contributed by atoms with E-state index in [2.05, 4.69) is 10.2 Å². The van der Waals surface area contributed by atoms with Gasteiger partial charge in [-0.3, -0.25) is 4.79 Å². The Labute approximate surface area is 169 Å². The van der Waals surface area contributed by atoms with E-state index in [9.17, 15) is 9.18 Å². The maximum atomic E-state index is 13.3. The molecule has 0 saturated heterocycles. The second kappa shape index (κ2) is 8.39. The molecule has 6 heteroatoms. The van der Waals surface area contributed by atoms with Crippen molar-refractivity contribution in [3.63, 3.8) is 0 Å². The summed E-state index contributed by atoms with van der Waals surface area (Å²) in [5.74, 6) is 0.538. The van der Waals surface area contributed by atoms with Gasteiger partial charge in [0.05, 0.1) is 18.2 Å². The van der Waals surface area contributed by atoms with Crippen LogP contribution in [-0.2, 0) is 11.3 Å². The maximum absolute atomic E-state index is 13.3. The third kappa shape index (κ3) is 4.41. The molecule has 1 N–H and O–H groups in total. The molecule has 2 aromatic carbocycles. The second-order valence-electron chi connectivity index (χ2n) is 7.58. The topological polar surface area (TPSA) is 41.6 Å². The molecule has 0 radical (unpaired) electrons. The van der Waals surface area contributed by atoms with E-state index in [4.69, 9.17) is 16.3 Å². The number of carbonyl (C=O) groups is 1. The van der Waals surface area contributed by atoms with Crippen molar-refractivity contribution in [1.29, 1.82) is 0 Å². The summed E-state index contributed by atoms with van der Waals surface area (Å²) in [5.41, 5.74) is 1.83. The first-order valence-corrected chi connectivity index (χ1v) is 10.2. The van der Waals surface area contributed by atoms with Gasteiger partial charge in [-0.15, -0.1) is 0 Å². The summed E-state index contributed by atoms with van der Waals surface area (Å²) in [5, 5.41) is 3.77. The van der Waals surface area contributed by atoms with Crippen LogP contribution in [-0.4, -0.2) is 24.6 Å². The Morgan fingerprint density at radius 3 is 2.68 bits per heavy atom. The molecular formula is C22H24ClFN2O2. The van der Waals surface area contributed by atoms with Crippen molar-refractivity contribution in [1.82, 2.24) is 5.32 Å². The SMILES string of the molecule is O=C(C[C@H]1COc2ccc(Cl)cc2N1Cc1ccc(F)cc1)NC1CCCC1. The molecule has 2 aliphatic rings. The lowest BCUT2D eigenvalue weighted by Crippen LogP contribution is -2.46. The van der Waals surface area contributed by atoms with Gasteiger partial charge in [0.1, 0.15) is 18.2 Å². The highest BCUT2D eigenvalue weighted by atomic mass is 35.5. The Morgan fingerprint density at radius 2 is 1.93 bits per heavy atom. The minimum Gasteiger partial charge on any atom is -0.489 e. The normalized spacial score (nSPS) is 19.2. The van der Waals surface area contributed by atoms with Gasteiger partial charge >= 0.3 is 0 Å². The first kappa shape index (κ1) is 19.1. The number of rotatable bonds is 5. The Kier molecular flexibility index (Phi) is 5.72. The largest absolute Gasteiger partial charge is 0.489 e. The zero-order chi connectivity index (χ0) is 19.5. The predicted octanol–water partition coefficient (Wildman–Crippen LogP) is 4.70. The van der Waals surface area contributed by atoms with Crippen molar-refractivity contribution >= 4 is 23.2 Å². The Balaban J connectivity index is 1.55. The molecule has 0 spiro atoms. The van der Waals surface area contributed by atoms with Gasteiger partial charge in [0.2, 0.25) is 5.91 Å². The lowest BCUT2D eigenvalue weighted by atomic mass is 10.1. The van der Waals surface area contributed by atoms with Crippen LogP contribution in [0.2, 0.25) is 5.02 Å². The van der Waals surface area contributed by atoms with E-state index in [1.54, 1.807) is 18.2 Å². The van der Waals surface area contributed by atoms with Gasteiger partial charge in [-0.25, -0.2) is 4.39 Å². The third-order valence-electron chi connectivity index (χ3n) is 5.51. The minimum atomic E-state index is -0.262. The molecule has 0 unspecified atom stereocenters. The van der Waals surface area contributed by atoms with Crippen molar-refractivity contribution in [2.24, 2.45) is 0 Å². The average Bonchev–Trinajstić information content (AvgIpc) is 3.18. The summed E-state index contributed by atoms with van der Waals surface area (Å²) >= 11 is 6.22. The van der Waals surface area contributed by atoms with Crippen LogP contribution < -0.4 is 15.0 Å². The molecule has 1 fully saturated rings. The maximum Gasteiger partial charge on any atom is 0.222 e.